The van der Waals surface area contributed by atoms with E-state index in [2.05, 4.69) is 23.7 Å². The highest BCUT2D eigenvalue weighted by molar-refractivity contribution is 5.95. The van der Waals surface area contributed by atoms with Crippen LogP contribution in [0, 0.1) is 19.8 Å². The fourth-order valence-corrected chi connectivity index (χ4v) is 3.35. The Bertz CT molecular complexity index is 492. The van der Waals surface area contributed by atoms with Gasteiger partial charge in [-0.15, -0.1) is 12.4 Å². The summed E-state index contributed by atoms with van der Waals surface area (Å²) in [7, 11) is 0. The summed E-state index contributed by atoms with van der Waals surface area (Å²) in [5.41, 5.74) is 8.73. The fraction of sp³-hybridized carbons (Fsp3) is 0.706. The minimum Gasteiger partial charge on any atom is -0.352 e. The molecule has 1 unspecified atom stereocenters. The highest BCUT2D eigenvalue weighted by Crippen LogP contribution is 2.32. The predicted molar refractivity (Wildman–Crippen MR) is 93.8 cm³/mol. The number of hydrogen-bond acceptors (Lipinski definition) is 2. The number of rotatable bonds is 5. The normalized spacial score (nSPS) is 16.9. The first-order valence-corrected chi connectivity index (χ1v) is 8.21. The van der Waals surface area contributed by atoms with Gasteiger partial charge in [0.1, 0.15) is 0 Å². The molecule has 1 aliphatic carbocycles. The van der Waals surface area contributed by atoms with Crippen LogP contribution in [0.15, 0.2) is 6.07 Å². The van der Waals surface area contributed by atoms with Gasteiger partial charge in [0, 0.05) is 24.0 Å². The van der Waals surface area contributed by atoms with Crippen LogP contribution in [0.4, 0.5) is 0 Å². The lowest BCUT2D eigenvalue weighted by Gasteiger charge is -2.26. The standard InChI is InChI=1S/C17H29N3O.ClH/c1-12(10-18)11-19-17(21)16-9-13(2)20(14(16)3)15-7-5-4-6-8-15;/h9,12,15H,4-8,10-11,18H2,1-3H3,(H,19,21);1H. The minimum absolute atomic E-state index is 0. The molecule has 1 heterocycles. The van der Waals surface area contributed by atoms with Crippen molar-refractivity contribution in [1.29, 1.82) is 0 Å². The zero-order valence-electron chi connectivity index (χ0n) is 14.0. The summed E-state index contributed by atoms with van der Waals surface area (Å²) in [6.07, 6.45) is 6.43. The zero-order chi connectivity index (χ0) is 15.4. The van der Waals surface area contributed by atoms with Gasteiger partial charge in [-0.2, -0.15) is 0 Å². The summed E-state index contributed by atoms with van der Waals surface area (Å²) in [4.78, 5) is 12.4. The van der Waals surface area contributed by atoms with E-state index in [0.29, 0.717) is 25.0 Å². The number of nitrogens with zero attached hydrogens (tertiary/aromatic N) is 1. The van der Waals surface area contributed by atoms with E-state index < -0.39 is 0 Å². The van der Waals surface area contributed by atoms with E-state index in [-0.39, 0.29) is 18.3 Å². The molecule has 1 amide bonds. The first-order chi connectivity index (χ1) is 10.0. The van der Waals surface area contributed by atoms with E-state index in [1.807, 2.05) is 13.0 Å². The van der Waals surface area contributed by atoms with Gasteiger partial charge in [-0.05, 0) is 45.2 Å². The van der Waals surface area contributed by atoms with Crippen molar-refractivity contribution in [2.45, 2.75) is 58.9 Å². The van der Waals surface area contributed by atoms with Crippen LogP contribution < -0.4 is 11.1 Å². The quantitative estimate of drug-likeness (QED) is 0.871. The molecule has 1 atom stereocenters. The van der Waals surface area contributed by atoms with Crippen molar-refractivity contribution in [2.24, 2.45) is 11.7 Å². The van der Waals surface area contributed by atoms with Gasteiger partial charge in [-0.25, -0.2) is 0 Å². The Morgan fingerprint density at radius 2 is 2.00 bits per heavy atom. The molecule has 1 aromatic heterocycles. The number of nitrogens with two attached hydrogens (primary N) is 1. The first-order valence-electron chi connectivity index (χ1n) is 8.21. The lowest BCUT2D eigenvalue weighted by Crippen LogP contribution is -2.31. The monoisotopic (exact) mass is 327 g/mol. The maximum atomic E-state index is 12.4. The molecule has 1 aliphatic rings. The third-order valence-electron chi connectivity index (χ3n) is 4.68. The fourth-order valence-electron chi connectivity index (χ4n) is 3.35. The van der Waals surface area contributed by atoms with Crippen LogP contribution in [-0.4, -0.2) is 23.6 Å². The van der Waals surface area contributed by atoms with Crippen molar-refractivity contribution >= 4 is 18.3 Å². The Hall–Kier alpha value is -1.000. The number of carbonyl (C=O) groups is 1. The van der Waals surface area contributed by atoms with Gasteiger partial charge in [0.05, 0.1) is 5.56 Å². The molecule has 5 heteroatoms. The van der Waals surface area contributed by atoms with Gasteiger partial charge >= 0.3 is 0 Å². The molecular formula is C17H30ClN3O. The van der Waals surface area contributed by atoms with Crippen LogP contribution in [-0.2, 0) is 0 Å². The second-order valence-corrected chi connectivity index (χ2v) is 6.50. The number of amides is 1. The van der Waals surface area contributed by atoms with Crippen LogP contribution in [0.2, 0.25) is 0 Å². The van der Waals surface area contributed by atoms with Crippen molar-refractivity contribution in [3.8, 4) is 0 Å². The third-order valence-corrected chi connectivity index (χ3v) is 4.68. The predicted octanol–water partition coefficient (Wildman–Crippen LogP) is 3.36. The molecule has 0 saturated heterocycles. The maximum absolute atomic E-state index is 12.4. The average Bonchev–Trinajstić information content (AvgIpc) is 2.80. The van der Waals surface area contributed by atoms with Gasteiger partial charge in [0.2, 0.25) is 0 Å². The van der Waals surface area contributed by atoms with Crippen molar-refractivity contribution in [3.63, 3.8) is 0 Å². The third kappa shape index (κ3) is 4.26. The number of aryl methyl sites for hydroxylation is 1. The van der Waals surface area contributed by atoms with Crippen molar-refractivity contribution in [2.75, 3.05) is 13.1 Å². The Morgan fingerprint density at radius 3 is 2.59 bits per heavy atom. The highest BCUT2D eigenvalue weighted by Gasteiger charge is 2.22. The number of nitrogens with one attached hydrogen (secondary N) is 1. The highest BCUT2D eigenvalue weighted by atomic mass is 35.5. The first kappa shape index (κ1) is 19.0. The molecule has 0 radical (unpaired) electrons. The average molecular weight is 328 g/mol. The zero-order valence-corrected chi connectivity index (χ0v) is 14.8. The van der Waals surface area contributed by atoms with Crippen molar-refractivity contribution < 1.29 is 4.79 Å². The molecule has 0 aromatic carbocycles. The number of halogens is 1. The molecule has 22 heavy (non-hydrogen) atoms. The van der Waals surface area contributed by atoms with Crippen molar-refractivity contribution in [1.82, 2.24) is 9.88 Å². The lowest BCUT2D eigenvalue weighted by molar-refractivity contribution is 0.0947. The van der Waals surface area contributed by atoms with Gasteiger partial charge in [0.25, 0.3) is 5.91 Å². The molecule has 4 nitrogen and oxygen atoms in total. The van der Waals surface area contributed by atoms with E-state index in [9.17, 15) is 4.79 Å². The van der Waals surface area contributed by atoms with Gasteiger partial charge in [0.15, 0.2) is 0 Å². The van der Waals surface area contributed by atoms with E-state index in [1.165, 1.54) is 37.8 Å². The smallest absolute Gasteiger partial charge is 0.253 e. The molecule has 0 spiro atoms. The van der Waals surface area contributed by atoms with Crippen LogP contribution in [0.3, 0.4) is 0 Å². The maximum Gasteiger partial charge on any atom is 0.253 e. The van der Waals surface area contributed by atoms with E-state index in [1.54, 1.807) is 0 Å². The SMILES string of the molecule is Cc1cc(C(=O)NCC(C)CN)c(C)n1C1CCCCC1.Cl. The van der Waals surface area contributed by atoms with Crippen LogP contribution in [0.5, 0.6) is 0 Å². The molecule has 1 fully saturated rings. The van der Waals surface area contributed by atoms with Gasteiger partial charge < -0.3 is 15.6 Å². The summed E-state index contributed by atoms with van der Waals surface area (Å²) >= 11 is 0. The van der Waals surface area contributed by atoms with E-state index >= 15 is 0 Å². The molecule has 2 rings (SSSR count). The molecule has 126 valence electrons. The summed E-state index contributed by atoms with van der Waals surface area (Å²) in [5.74, 6) is 0.348. The molecule has 0 bridgehead atoms. The summed E-state index contributed by atoms with van der Waals surface area (Å²) in [6.45, 7) is 7.47. The summed E-state index contributed by atoms with van der Waals surface area (Å²) in [6, 6.07) is 2.61. The number of hydrogen-bond donors (Lipinski definition) is 2. The van der Waals surface area contributed by atoms with E-state index in [4.69, 9.17) is 5.73 Å². The van der Waals surface area contributed by atoms with Crippen LogP contribution in [0.25, 0.3) is 0 Å². The number of carbonyl (C=O) groups excluding carboxylic acids is 1. The molecule has 0 aliphatic heterocycles. The van der Waals surface area contributed by atoms with Crippen LogP contribution in [0.1, 0.15) is 66.8 Å². The molecular weight excluding hydrogens is 298 g/mol. The Balaban J connectivity index is 0.00000242. The largest absolute Gasteiger partial charge is 0.352 e. The molecule has 3 N–H and O–H groups in total. The van der Waals surface area contributed by atoms with E-state index in [0.717, 1.165) is 11.3 Å². The van der Waals surface area contributed by atoms with Gasteiger partial charge in [-0.1, -0.05) is 26.2 Å². The Labute approximate surface area is 140 Å². The summed E-state index contributed by atoms with van der Waals surface area (Å²) < 4.78 is 2.38. The Morgan fingerprint density at radius 1 is 1.36 bits per heavy atom. The minimum atomic E-state index is 0. The second kappa shape index (κ2) is 8.59. The topological polar surface area (TPSA) is 60.1 Å². The Kier molecular flexibility index (Phi) is 7.43. The van der Waals surface area contributed by atoms with Crippen molar-refractivity contribution in [3.05, 3.63) is 23.0 Å². The van der Waals surface area contributed by atoms with Crippen LogP contribution >= 0.6 is 12.4 Å². The summed E-state index contributed by atoms with van der Waals surface area (Å²) in [5, 5.41) is 3.00. The number of aromatic nitrogens is 1. The second-order valence-electron chi connectivity index (χ2n) is 6.50. The molecule has 1 aromatic rings. The van der Waals surface area contributed by atoms with Gasteiger partial charge in [-0.3, -0.25) is 4.79 Å². The lowest BCUT2D eigenvalue weighted by atomic mass is 9.95. The molecule has 1 saturated carbocycles.